The Balaban J connectivity index is 0.966. The fourth-order valence-electron chi connectivity index (χ4n) is 11.3. The number of carboxylic acids is 1. The van der Waals surface area contributed by atoms with Crippen molar-refractivity contribution in [3.8, 4) is 11.1 Å². The molecule has 3 aliphatic rings. The van der Waals surface area contributed by atoms with Crippen LogP contribution in [0.5, 0.6) is 0 Å². The second kappa shape index (κ2) is 27.4. The lowest BCUT2D eigenvalue weighted by Crippen LogP contribution is -2.60. The van der Waals surface area contributed by atoms with E-state index in [2.05, 4.69) is 36.6 Å². The number of carbonyl (C=O) groups excluding carboxylic acids is 6. The number of nitrogens with zero attached hydrogens (tertiary/aromatic N) is 2. The van der Waals surface area contributed by atoms with E-state index in [4.69, 9.17) is 21.9 Å². The molecule has 0 spiro atoms. The van der Waals surface area contributed by atoms with Gasteiger partial charge >= 0.3 is 12.1 Å². The average Bonchev–Trinajstić information content (AvgIpc) is 4.41. The van der Waals surface area contributed by atoms with Crippen LogP contribution in [-0.2, 0) is 46.3 Å². The number of fused-ring (bicyclic) bond motifs is 4. The van der Waals surface area contributed by atoms with E-state index < -0.39 is 77.8 Å². The van der Waals surface area contributed by atoms with Gasteiger partial charge in [-0.05, 0) is 90.4 Å². The molecule has 5 aromatic rings. The van der Waals surface area contributed by atoms with Gasteiger partial charge in [0.05, 0.1) is 0 Å². The van der Waals surface area contributed by atoms with E-state index in [1.165, 1.54) is 4.90 Å². The smallest absolute Gasteiger partial charge is 0.407 e. The predicted octanol–water partition coefficient (Wildman–Crippen LogP) is 4.25. The Labute approximate surface area is 459 Å². The molecule has 6 atom stereocenters. The minimum Gasteiger partial charge on any atom is -0.480 e. The number of carboxylic acid groups (broad SMARTS) is 1. The lowest BCUT2D eigenvalue weighted by molar-refractivity contribution is -0.143. The second-order valence-corrected chi connectivity index (χ2v) is 20.8. The molecule has 4 aromatic carbocycles. The highest BCUT2D eigenvalue weighted by molar-refractivity contribution is 5.97. The summed E-state index contributed by atoms with van der Waals surface area (Å²) in [6.07, 6.45) is 6.83. The van der Waals surface area contributed by atoms with Gasteiger partial charge in [-0.3, -0.25) is 29.0 Å². The van der Waals surface area contributed by atoms with Crippen LogP contribution in [-0.4, -0.2) is 125 Å². The molecule has 13 N–H and O–H groups in total. The summed E-state index contributed by atoms with van der Waals surface area (Å²) in [7, 11) is 0. The molecule has 8 rings (SSSR count). The maximum atomic E-state index is 14.7. The molecule has 20 nitrogen and oxygen atoms in total. The minimum absolute atomic E-state index is 0.00481. The van der Waals surface area contributed by atoms with Crippen LogP contribution < -0.4 is 43.8 Å². The van der Waals surface area contributed by atoms with E-state index in [0.29, 0.717) is 12.0 Å². The zero-order valence-corrected chi connectivity index (χ0v) is 44.4. The van der Waals surface area contributed by atoms with Gasteiger partial charge in [-0.15, -0.1) is 0 Å². The number of aliphatic carboxylic acids is 1. The summed E-state index contributed by atoms with van der Waals surface area (Å²) in [5.74, 6) is -4.73. The number of likely N-dealkylation sites (tertiary alicyclic amines) is 1. The molecule has 6 amide bonds. The maximum absolute atomic E-state index is 14.7. The molecular weight excluding hydrogens is 1010 g/mol. The summed E-state index contributed by atoms with van der Waals surface area (Å²) in [6.45, 7) is 0.354. The quantitative estimate of drug-likeness (QED) is 0.0223. The van der Waals surface area contributed by atoms with Crippen molar-refractivity contribution in [2.24, 2.45) is 28.1 Å². The SMILES string of the molecule is NCC[C@H](NC(=O)[C@H](Cc1ccccc1)NC(=O)OCC1c2ccccc2-c2ccccc21)C(=O)N1CCC[C@H]1C(=O)N[C@@H](CC1CCCCC1)C(=O)N[C@@H](Cc1c[nH]c2ccccc12)C(=O)N[C@@H](CCCN=C(N)N)C(=O)O. The number of hydrogen-bond acceptors (Lipinski definition) is 10. The summed E-state index contributed by atoms with van der Waals surface area (Å²) in [5.41, 5.74) is 23.4. The third-order valence-corrected chi connectivity index (χ3v) is 15.4. The van der Waals surface area contributed by atoms with Crippen LogP contribution in [0, 0.1) is 5.92 Å². The van der Waals surface area contributed by atoms with Crippen LogP contribution in [0.1, 0.15) is 98.8 Å². The standard InChI is InChI=1S/C59H73N11O9/c60-28-27-46(65-53(72)49(32-37-17-5-2-6-18-37)69-59(78)79-35-44-42-22-9-7-20-40(42)41-21-8-10-23-43(41)44)56(75)70-30-14-26-51(70)55(74)68-48(31-36-15-3-1-4-16-36)52(71)67-50(33-38-34-64-45-24-12-11-19-39(38)45)54(73)66-47(57(76)77)25-13-29-63-58(61)62/h2,5-12,17-24,34,36,44,46-51,64H,1,3-4,13-16,25-33,35,60H2,(H,65,72)(H,66,73)(H,67,71)(H,68,74)(H,69,78)(H,76,77)(H4,61,62,63)/t46-,47-,48-,49-,50-,51-/m0/s1. The Morgan fingerprint density at radius 1 is 0.671 bits per heavy atom. The lowest BCUT2D eigenvalue weighted by atomic mass is 9.84. The monoisotopic (exact) mass is 1080 g/mol. The molecule has 0 radical (unpaired) electrons. The Bertz CT molecular complexity index is 2930. The molecule has 2 aliphatic carbocycles. The molecule has 1 aliphatic heterocycles. The summed E-state index contributed by atoms with van der Waals surface area (Å²) in [6, 6.07) is 25.4. The average molecular weight is 1080 g/mol. The zero-order chi connectivity index (χ0) is 55.8. The second-order valence-electron chi connectivity index (χ2n) is 20.8. The predicted molar refractivity (Wildman–Crippen MR) is 299 cm³/mol. The molecule has 1 saturated carbocycles. The molecule has 0 unspecified atom stereocenters. The van der Waals surface area contributed by atoms with Gasteiger partial charge in [0.15, 0.2) is 5.96 Å². The van der Waals surface area contributed by atoms with E-state index >= 15 is 0 Å². The molecule has 1 saturated heterocycles. The highest BCUT2D eigenvalue weighted by Crippen LogP contribution is 2.44. The fourth-order valence-corrected chi connectivity index (χ4v) is 11.3. The number of aliphatic imine (C=N–C) groups is 1. The Morgan fingerprint density at radius 3 is 1.97 bits per heavy atom. The minimum atomic E-state index is -1.33. The number of nitrogens with two attached hydrogens (primary N) is 3. The molecule has 2 fully saturated rings. The molecule has 1 aromatic heterocycles. The number of amides is 6. The van der Waals surface area contributed by atoms with Crippen molar-refractivity contribution in [2.75, 3.05) is 26.2 Å². The molecule has 79 heavy (non-hydrogen) atoms. The molecular formula is C59H73N11O9. The Kier molecular flexibility index (Phi) is 19.7. The fraction of sp³-hybridized carbons (Fsp3) is 0.424. The summed E-state index contributed by atoms with van der Waals surface area (Å²) >= 11 is 0. The van der Waals surface area contributed by atoms with Crippen molar-refractivity contribution >= 4 is 58.5 Å². The van der Waals surface area contributed by atoms with Crippen molar-refractivity contribution in [3.63, 3.8) is 0 Å². The Morgan fingerprint density at radius 2 is 1.29 bits per heavy atom. The van der Waals surface area contributed by atoms with Gasteiger partial charge in [0.2, 0.25) is 29.5 Å². The topological polar surface area (TPSA) is 319 Å². The number of nitrogens with one attached hydrogen (secondary N) is 6. The van der Waals surface area contributed by atoms with E-state index in [-0.39, 0.29) is 89.0 Å². The lowest BCUT2D eigenvalue weighted by Gasteiger charge is -2.32. The highest BCUT2D eigenvalue weighted by Gasteiger charge is 2.41. The van der Waals surface area contributed by atoms with Crippen LogP contribution in [0.15, 0.2) is 114 Å². The van der Waals surface area contributed by atoms with E-state index in [9.17, 15) is 38.7 Å². The van der Waals surface area contributed by atoms with E-state index in [1.807, 2.05) is 103 Å². The number of aromatic amines is 1. The number of guanidine groups is 1. The third kappa shape index (κ3) is 14.9. The van der Waals surface area contributed by atoms with Gasteiger partial charge < -0.3 is 63.5 Å². The van der Waals surface area contributed by atoms with Crippen molar-refractivity contribution in [1.82, 2.24) is 36.5 Å². The van der Waals surface area contributed by atoms with Crippen LogP contribution in [0.3, 0.4) is 0 Å². The normalized spacial score (nSPS) is 17.0. The number of H-pyrrole nitrogens is 1. The van der Waals surface area contributed by atoms with E-state index in [0.717, 1.165) is 70.8 Å². The van der Waals surface area contributed by atoms with Crippen LogP contribution in [0.4, 0.5) is 4.79 Å². The van der Waals surface area contributed by atoms with Gasteiger partial charge in [0.25, 0.3) is 0 Å². The van der Waals surface area contributed by atoms with Crippen LogP contribution in [0.25, 0.3) is 22.0 Å². The van der Waals surface area contributed by atoms with Crippen LogP contribution >= 0.6 is 0 Å². The largest absolute Gasteiger partial charge is 0.480 e. The Hall–Kier alpha value is -8.26. The van der Waals surface area contributed by atoms with Crippen LogP contribution in [0.2, 0.25) is 0 Å². The first kappa shape index (κ1) is 56.9. The number of aromatic nitrogens is 1. The number of para-hydroxylation sites is 1. The maximum Gasteiger partial charge on any atom is 0.407 e. The van der Waals surface area contributed by atoms with Gasteiger partial charge in [0, 0.05) is 48.9 Å². The first-order chi connectivity index (χ1) is 38.3. The third-order valence-electron chi connectivity index (χ3n) is 15.4. The van der Waals surface area contributed by atoms with Crippen molar-refractivity contribution in [2.45, 2.75) is 126 Å². The summed E-state index contributed by atoms with van der Waals surface area (Å²) in [5, 5.41) is 25.0. The van der Waals surface area contributed by atoms with Gasteiger partial charge in [-0.2, -0.15) is 0 Å². The van der Waals surface area contributed by atoms with Gasteiger partial charge in [-0.1, -0.05) is 129 Å². The van der Waals surface area contributed by atoms with Crippen molar-refractivity contribution in [1.29, 1.82) is 0 Å². The zero-order valence-electron chi connectivity index (χ0n) is 44.4. The summed E-state index contributed by atoms with van der Waals surface area (Å²) < 4.78 is 5.84. The molecule has 418 valence electrons. The first-order valence-corrected chi connectivity index (χ1v) is 27.5. The van der Waals surface area contributed by atoms with Crippen molar-refractivity contribution in [3.05, 3.63) is 132 Å². The number of ether oxygens (including phenoxy) is 1. The highest BCUT2D eigenvalue weighted by atomic mass is 16.5. The van der Waals surface area contributed by atoms with Gasteiger partial charge in [-0.25, -0.2) is 9.59 Å². The number of alkyl carbamates (subject to hydrolysis) is 1. The first-order valence-electron chi connectivity index (χ1n) is 27.5. The number of carbonyl (C=O) groups is 7. The number of rotatable bonds is 25. The molecule has 0 bridgehead atoms. The van der Waals surface area contributed by atoms with E-state index in [1.54, 1.807) is 6.20 Å². The summed E-state index contributed by atoms with van der Waals surface area (Å²) in [4.78, 5) is 107. The van der Waals surface area contributed by atoms with Crippen molar-refractivity contribution < 1.29 is 43.4 Å². The molecule has 2 heterocycles. The number of benzene rings is 4. The van der Waals surface area contributed by atoms with Gasteiger partial charge in [0.1, 0.15) is 42.9 Å². The number of hydrogen-bond donors (Lipinski definition) is 10. The molecule has 20 heteroatoms.